The molecule has 0 radical (unpaired) electrons. The summed E-state index contributed by atoms with van der Waals surface area (Å²) in [5.74, 6) is 0. The molecule has 0 fully saturated rings. The number of allylic oxidation sites excluding steroid dienone is 1. The maximum Gasteiger partial charge on any atom is 0.161 e. The number of ether oxygens (including phenoxy) is 2. The summed E-state index contributed by atoms with van der Waals surface area (Å²) in [7, 11) is 0. The van der Waals surface area contributed by atoms with E-state index in [0.29, 0.717) is 19.6 Å². The molecule has 0 spiro atoms. The quantitative estimate of drug-likeness (QED) is 0.346. The van der Waals surface area contributed by atoms with Gasteiger partial charge in [0.1, 0.15) is 6.29 Å². The Morgan fingerprint density at radius 3 is 2.23 bits per heavy atom. The molecular formula is C10H18O3. The van der Waals surface area contributed by atoms with Gasteiger partial charge in [-0.1, -0.05) is 5.57 Å². The molecule has 0 unspecified atom stereocenters. The van der Waals surface area contributed by atoms with E-state index in [-0.39, 0.29) is 6.29 Å². The van der Waals surface area contributed by atoms with Gasteiger partial charge < -0.3 is 9.47 Å². The number of aldehydes is 1. The van der Waals surface area contributed by atoms with Crippen molar-refractivity contribution in [1.29, 1.82) is 0 Å². The summed E-state index contributed by atoms with van der Waals surface area (Å²) in [5.41, 5.74) is 0.974. The highest BCUT2D eigenvalue weighted by Gasteiger charge is 2.07. The molecule has 0 aromatic heterocycles. The van der Waals surface area contributed by atoms with E-state index in [0.717, 1.165) is 11.9 Å². The smallest absolute Gasteiger partial charge is 0.161 e. The number of carbonyl (C=O) groups excluding carboxylic acids is 1. The average molecular weight is 186 g/mol. The minimum Gasteiger partial charge on any atom is -0.353 e. The van der Waals surface area contributed by atoms with Crippen LogP contribution in [0.5, 0.6) is 0 Å². The normalized spacial score (nSPS) is 12.2. The standard InChI is InChI=1S/C10H18O3/c1-4-12-10(13-5-2)8-9(3)6-7-11/h6-7,10H,4-5,8H2,1-3H3/b9-6+. The topological polar surface area (TPSA) is 35.5 Å². The van der Waals surface area contributed by atoms with Crippen LogP contribution in [0, 0.1) is 0 Å². The van der Waals surface area contributed by atoms with Crippen LogP contribution < -0.4 is 0 Å². The van der Waals surface area contributed by atoms with Gasteiger partial charge in [0, 0.05) is 19.6 Å². The molecule has 13 heavy (non-hydrogen) atoms. The molecule has 0 aliphatic heterocycles. The molecule has 0 rings (SSSR count). The SMILES string of the molecule is CCOC(C/C(C)=C/C=O)OCC. The summed E-state index contributed by atoms with van der Waals surface area (Å²) < 4.78 is 10.6. The van der Waals surface area contributed by atoms with Crippen molar-refractivity contribution < 1.29 is 14.3 Å². The van der Waals surface area contributed by atoms with Crippen LogP contribution in [-0.4, -0.2) is 25.8 Å². The molecule has 0 saturated carbocycles. The van der Waals surface area contributed by atoms with E-state index in [1.807, 2.05) is 20.8 Å². The first-order valence-corrected chi connectivity index (χ1v) is 4.58. The fourth-order valence-corrected chi connectivity index (χ4v) is 0.985. The predicted octanol–water partition coefficient (Wildman–Crippen LogP) is 1.92. The first-order valence-electron chi connectivity index (χ1n) is 4.58. The summed E-state index contributed by atoms with van der Waals surface area (Å²) in [6, 6.07) is 0. The van der Waals surface area contributed by atoms with Crippen LogP contribution in [-0.2, 0) is 14.3 Å². The van der Waals surface area contributed by atoms with E-state index in [1.165, 1.54) is 6.08 Å². The molecule has 0 aliphatic carbocycles. The van der Waals surface area contributed by atoms with Crippen molar-refractivity contribution in [3.8, 4) is 0 Å². The third-order valence-electron chi connectivity index (χ3n) is 1.55. The molecule has 0 N–H and O–H groups in total. The van der Waals surface area contributed by atoms with Crippen molar-refractivity contribution in [2.45, 2.75) is 33.5 Å². The summed E-state index contributed by atoms with van der Waals surface area (Å²) >= 11 is 0. The van der Waals surface area contributed by atoms with E-state index in [1.54, 1.807) is 0 Å². The third-order valence-corrected chi connectivity index (χ3v) is 1.55. The molecule has 0 saturated heterocycles. The minimum absolute atomic E-state index is 0.216. The monoisotopic (exact) mass is 186 g/mol. The Morgan fingerprint density at radius 2 is 1.85 bits per heavy atom. The first kappa shape index (κ1) is 12.3. The highest BCUT2D eigenvalue weighted by molar-refractivity contribution is 5.65. The van der Waals surface area contributed by atoms with Crippen LogP contribution in [0.15, 0.2) is 11.6 Å². The van der Waals surface area contributed by atoms with E-state index >= 15 is 0 Å². The van der Waals surface area contributed by atoms with Crippen molar-refractivity contribution in [2.75, 3.05) is 13.2 Å². The first-order chi connectivity index (χ1) is 6.24. The van der Waals surface area contributed by atoms with Gasteiger partial charge in [-0.2, -0.15) is 0 Å². The lowest BCUT2D eigenvalue weighted by Crippen LogP contribution is -2.17. The molecule has 0 heterocycles. The van der Waals surface area contributed by atoms with Crippen LogP contribution in [0.1, 0.15) is 27.2 Å². The Labute approximate surface area is 79.7 Å². The highest BCUT2D eigenvalue weighted by Crippen LogP contribution is 2.08. The Kier molecular flexibility index (Phi) is 7.54. The molecule has 0 aromatic carbocycles. The lowest BCUT2D eigenvalue weighted by atomic mass is 10.2. The molecular weight excluding hydrogens is 168 g/mol. The zero-order valence-corrected chi connectivity index (χ0v) is 8.58. The fraction of sp³-hybridized carbons (Fsp3) is 0.700. The number of hydrogen-bond acceptors (Lipinski definition) is 3. The summed E-state index contributed by atoms with van der Waals surface area (Å²) in [4.78, 5) is 10.2. The molecule has 3 heteroatoms. The molecule has 0 amide bonds. The number of hydrogen-bond donors (Lipinski definition) is 0. The van der Waals surface area contributed by atoms with Gasteiger partial charge in [-0.05, 0) is 26.8 Å². The van der Waals surface area contributed by atoms with Crippen LogP contribution in [0.25, 0.3) is 0 Å². The Bertz CT molecular complexity index is 158. The minimum atomic E-state index is -0.216. The molecule has 0 atom stereocenters. The van der Waals surface area contributed by atoms with Crippen molar-refractivity contribution in [3.05, 3.63) is 11.6 Å². The van der Waals surface area contributed by atoms with Gasteiger partial charge in [0.15, 0.2) is 6.29 Å². The second kappa shape index (κ2) is 7.95. The largest absolute Gasteiger partial charge is 0.353 e. The molecule has 0 aromatic rings. The Hall–Kier alpha value is -0.670. The third kappa shape index (κ3) is 6.49. The Balaban J connectivity index is 3.92. The summed E-state index contributed by atoms with van der Waals surface area (Å²) in [6.45, 7) is 6.98. The van der Waals surface area contributed by atoms with Crippen LogP contribution in [0.4, 0.5) is 0 Å². The van der Waals surface area contributed by atoms with Gasteiger partial charge >= 0.3 is 0 Å². The van der Waals surface area contributed by atoms with Gasteiger partial charge in [0.2, 0.25) is 0 Å². The van der Waals surface area contributed by atoms with Gasteiger partial charge in [0.25, 0.3) is 0 Å². The number of carbonyl (C=O) groups is 1. The van der Waals surface area contributed by atoms with Crippen molar-refractivity contribution in [1.82, 2.24) is 0 Å². The lowest BCUT2D eigenvalue weighted by Gasteiger charge is -2.16. The lowest BCUT2D eigenvalue weighted by molar-refractivity contribution is -0.134. The van der Waals surface area contributed by atoms with Crippen LogP contribution >= 0.6 is 0 Å². The summed E-state index contributed by atoms with van der Waals surface area (Å²) in [5, 5.41) is 0. The number of rotatable bonds is 7. The average Bonchev–Trinajstić information content (AvgIpc) is 2.05. The zero-order chi connectivity index (χ0) is 10.1. The Morgan fingerprint density at radius 1 is 1.31 bits per heavy atom. The van der Waals surface area contributed by atoms with E-state index in [9.17, 15) is 4.79 Å². The van der Waals surface area contributed by atoms with E-state index in [2.05, 4.69) is 0 Å². The van der Waals surface area contributed by atoms with Crippen molar-refractivity contribution in [3.63, 3.8) is 0 Å². The van der Waals surface area contributed by atoms with E-state index < -0.39 is 0 Å². The van der Waals surface area contributed by atoms with Crippen LogP contribution in [0.2, 0.25) is 0 Å². The van der Waals surface area contributed by atoms with Crippen molar-refractivity contribution in [2.24, 2.45) is 0 Å². The molecule has 0 bridgehead atoms. The van der Waals surface area contributed by atoms with Gasteiger partial charge in [0.05, 0.1) is 0 Å². The fourth-order valence-electron chi connectivity index (χ4n) is 0.985. The van der Waals surface area contributed by atoms with Gasteiger partial charge in [-0.15, -0.1) is 0 Å². The second-order valence-corrected chi connectivity index (χ2v) is 2.69. The van der Waals surface area contributed by atoms with Gasteiger partial charge in [-0.25, -0.2) is 0 Å². The van der Waals surface area contributed by atoms with Crippen molar-refractivity contribution >= 4 is 6.29 Å². The maximum atomic E-state index is 10.2. The molecule has 0 aliphatic rings. The van der Waals surface area contributed by atoms with Gasteiger partial charge in [-0.3, -0.25) is 4.79 Å². The zero-order valence-electron chi connectivity index (χ0n) is 8.58. The van der Waals surface area contributed by atoms with E-state index in [4.69, 9.17) is 9.47 Å². The van der Waals surface area contributed by atoms with Crippen LogP contribution in [0.3, 0.4) is 0 Å². The molecule has 76 valence electrons. The summed E-state index contributed by atoms with van der Waals surface area (Å²) in [6.07, 6.45) is 2.75. The predicted molar refractivity (Wildman–Crippen MR) is 51.5 cm³/mol. The highest BCUT2D eigenvalue weighted by atomic mass is 16.7. The maximum absolute atomic E-state index is 10.2. The molecule has 3 nitrogen and oxygen atoms in total. The second-order valence-electron chi connectivity index (χ2n) is 2.69.